The third-order valence-electron chi connectivity index (χ3n) is 5.30. The molecule has 11 nitrogen and oxygen atoms in total. The molecule has 2 aromatic rings. The highest BCUT2D eigenvalue weighted by Crippen LogP contribution is 2.34. The number of hydrogen-bond donors (Lipinski definition) is 0. The Labute approximate surface area is 194 Å². The highest BCUT2D eigenvalue weighted by Gasteiger charge is 2.37. The van der Waals surface area contributed by atoms with Gasteiger partial charge < -0.3 is 24.1 Å². The third kappa shape index (κ3) is 4.40. The molecule has 0 radical (unpaired) electrons. The number of nitrogens with zero attached hydrogens (tertiary/aromatic N) is 2. The summed E-state index contributed by atoms with van der Waals surface area (Å²) >= 11 is 0. The number of hydrogen-bond acceptors (Lipinski definition) is 9. The largest absolute Gasteiger partial charge is 0.863 e. The highest BCUT2D eigenvalue weighted by molar-refractivity contribution is 6.12. The molecule has 1 aliphatic heterocycles. The maximum Gasteiger partial charge on any atom is 0.403 e. The average molecular weight is 470 g/mol. The number of rotatable bonds is 7. The molecule has 0 N–H and O–H groups in total. The molecule has 1 aliphatic rings. The summed E-state index contributed by atoms with van der Waals surface area (Å²) < 4.78 is 21.4. The zero-order chi connectivity index (χ0) is 25.0. The minimum Gasteiger partial charge on any atom is -0.863 e. The summed E-state index contributed by atoms with van der Waals surface area (Å²) in [5.41, 5.74) is 1.16. The Balaban J connectivity index is 2.46. The van der Waals surface area contributed by atoms with Gasteiger partial charge in [0.1, 0.15) is 0 Å². The van der Waals surface area contributed by atoms with Crippen molar-refractivity contribution in [3.05, 3.63) is 74.7 Å². The summed E-state index contributed by atoms with van der Waals surface area (Å²) in [7, 11) is 5.03. The zero-order valence-electron chi connectivity index (χ0n) is 18.9. The first-order valence-corrected chi connectivity index (χ1v) is 9.99. The number of nitro groups is 1. The van der Waals surface area contributed by atoms with Crippen LogP contribution in [0.5, 0.6) is 11.5 Å². The van der Waals surface area contributed by atoms with Gasteiger partial charge in [0.05, 0.1) is 50.2 Å². The van der Waals surface area contributed by atoms with E-state index in [1.54, 1.807) is 18.2 Å². The second kappa shape index (κ2) is 10.0. The Morgan fingerprint density at radius 1 is 0.971 bits per heavy atom. The van der Waals surface area contributed by atoms with Gasteiger partial charge in [0.15, 0.2) is 18.0 Å². The number of carbonyl (C=O) groups excluding carboxylic acids is 2. The monoisotopic (exact) mass is 470 g/mol. The number of fused-ring (bicyclic) bond motifs is 1. The molecule has 34 heavy (non-hydrogen) atoms. The van der Waals surface area contributed by atoms with Gasteiger partial charge in [-0.2, -0.15) is 4.58 Å². The Morgan fingerprint density at radius 3 is 2.21 bits per heavy atom. The molecule has 0 fully saturated rings. The molecule has 2 aromatic carbocycles. The fourth-order valence-electron chi connectivity index (χ4n) is 3.75. The first kappa shape index (κ1) is 24.2. The number of carbonyl (C=O) groups is 2. The van der Waals surface area contributed by atoms with Gasteiger partial charge in [-0.1, -0.05) is 6.07 Å². The molecule has 0 saturated carbocycles. The lowest BCUT2D eigenvalue weighted by molar-refractivity contribution is -0.484. The molecule has 0 atom stereocenters. The molecule has 0 aliphatic carbocycles. The summed E-state index contributed by atoms with van der Waals surface area (Å²) in [5.74, 6) is -2.68. The minimum absolute atomic E-state index is 0.0909. The van der Waals surface area contributed by atoms with Crippen LogP contribution in [-0.2, 0) is 25.5 Å². The van der Waals surface area contributed by atoms with Crippen LogP contribution in [0.1, 0.15) is 16.7 Å². The van der Waals surface area contributed by atoms with Gasteiger partial charge in [-0.25, -0.2) is 9.59 Å². The van der Waals surface area contributed by atoms with E-state index in [0.29, 0.717) is 29.0 Å². The smallest absolute Gasteiger partial charge is 0.403 e. The van der Waals surface area contributed by atoms with Crippen LogP contribution in [0.3, 0.4) is 0 Å². The molecule has 178 valence electrons. The third-order valence-corrected chi connectivity index (χ3v) is 5.30. The lowest BCUT2D eigenvalue weighted by Gasteiger charge is -2.22. The molecule has 11 heteroatoms. The predicted octanol–water partition coefficient (Wildman–Crippen LogP) is 0.936. The number of methoxy groups -OCH3 is 4. The van der Waals surface area contributed by atoms with E-state index in [2.05, 4.69) is 4.74 Å². The molecule has 0 amide bonds. The van der Waals surface area contributed by atoms with Gasteiger partial charge in [0.25, 0.3) is 11.4 Å². The van der Waals surface area contributed by atoms with E-state index in [0.717, 1.165) is 19.8 Å². The molecule has 1 heterocycles. The van der Waals surface area contributed by atoms with E-state index >= 15 is 0 Å². The molecular weight excluding hydrogens is 448 g/mol. The fourth-order valence-corrected chi connectivity index (χ4v) is 3.75. The van der Waals surface area contributed by atoms with Crippen molar-refractivity contribution < 1.29 is 43.1 Å². The van der Waals surface area contributed by atoms with E-state index in [9.17, 15) is 24.8 Å². The van der Waals surface area contributed by atoms with E-state index in [-0.39, 0.29) is 17.9 Å². The van der Waals surface area contributed by atoms with Crippen LogP contribution >= 0.6 is 0 Å². The molecule has 0 bridgehead atoms. The van der Waals surface area contributed by atoms with Gasteiger partial charge in [0.2, 0.25) is 5.71 Å². The van der Waals surface area contributed by atoms with Crippen LogP contribution in [0.4, 0.5) is 5.69 Å². The fraction of sp³-hybridized carbons (Fsp3) is 0.261. The minimum atomic E-state index is -1.25. The lowest BCUT2D eigenvalue weighted by Crippen LogP contribution is -2.37. The lowest BCUT2D eigenvalue weighted by atomic mass is 9.91. The van der Waals surface area contributed by atoms with Crippen molar-refractivity contribution in [2.75, 3.05) is 35.0 Å². The molecular formula is C23H22N2O9. The summed E-state index contributed by atoms with van der Waals surface area (Å²) in [6, 6.07) is 9.10. The Kier molecular flexibility index (Phi) is 7.15. The molecule has 0 saturated heterocycles. The Bertz CT molecular complexity index is 1230. The maximum atomic E-state index is 12.8. The molecule has 0 aromatic heterocycles. The van der Waals surface area contributed by atoms with Gasteiger partial charge in [-0.15, -0.1) is 0 Å². The van der Waals surface area contributed by atoms with Crippen molar-refractivity contribution in [3.8, 4) is 11.5 Å². The number of esters is 2. The van der Waals surface area contributed by atoms with Crippen LogP contribution in [0, 0.1) is 10.1 Å². The van der Waals surface area contributed by atoms with Crippen LogP contribution in [0.25, 0.3) is 0 Å². The van der Waals surface area contributed by atoms with E-state index in [4.69, 9.17) is 14.2 Å². The summed E-state index contributed by atoms with van der Waals surface area (Å²) in [4.78, 5) is 35.6. The summed E-state index contributed by atoms with van der Waals surface area (Å²) in [5, 5.41) is 24.3. The zero-order valence-corrected chi connectivity index (χ0v) is 18.9. The predicted molar refractivity (Wildman–Crippen MR) is 116 cm³/mol. The van der Waals surface area contributed by atoms with Gasteiger partial charge in [0, 0.05) is 18.6 Å². The first-order chi connectivity index (χ1) is 16.3. The summed E-state index contributed by atoms with van der Waals surface area (Å²) in [6.45, 7) is 0.0909. The summed E-state index contributed by atoms with van der Waals surface area (Å²) in [6.07, 6.45) is 0.350. The van der Waals surface area contributed by atoms with Gasteiger partial charge in [-0.3, -0.25) is 10.1 Å². The van der Waals surface area contributed by atoms with Crippen molar-refractivity contribution in [1.29, 1.82) is 0 Å². The SMILES string of the molecule is COC(=O)/C([O-])=C(\C(=O)OC)[N+]1=C(c2cccc([N+](=O)[O-])c2)c2cc(OC)c(OC)cc2CC1. The molecule has 3 rings (SSSR count). The van der Waals surface area contributed by atoms with Crippen molar-refractivity contribution in [1.82, 2.24) is 0 Å². The van der Waals surface area contributed by atoms with Crippen molar-refractivity contribution in [2.24, 2.45) is 0 Å². The Morgan fingerprint density at radius 2 is 1.62 bits per heavy atom. The van der Waals surface area contributed by atoms with Crippen LogP contribution < -0.4 is 14.6 Å². The second-order valence-corrected chi connectivity index (χ2v) is 7.08. The number of benzene rings is 2. The van der Waals surface area contributed by atoms with Crippen molar-refractivity contribution in [3.63, 3.8) is 0 Å². The van der Waals surface area contributed by atoms with Crippen molar-refractivity contribution >= 4 is 23.3 Å². The number of ether oxygens (including phenoxy) is 4. The second-order valence-electron chi connectivity index (χ2n) is 7.08. The standard InChI is InChI=1S/C23H22N2O9/c1-31-17-11-13-8-9-24(20(22(27)33-3)21(26)23(28)34-4)19(16(13)12-18(17)32-2)14-6-5-7-15(10-14)25(29)30/h5-7,10-12H,8-9H2,1-4H3. The average Bonchev–Trinajstić information content (AvgIpc) is 2.86. The first-order valence-electron chi connectivity index (χ1n) is 9.99. The molecule has 0 unspecified atom stereocenters. The van der Waals surface area contributed by atoms with E-state index in [1.165, 1.54) is 37.0 Å². The Hall–Kier alpha value is -4.41. The van der Waals surface area contributed by atoms with Gasteiger partial charge >= 0.3 is 11.9 Å². The van der Waals surface area contributed by atoms with Crippen LogP contribution in [0.15, 0.2) is 47.9 Å². The van der Waals surface area contributed by atoms with Crippen LogP contribution in [-0.4, -0.2) is 62.1 Å². The highest BCUT2D eigenvalue weighted by atomic mass is 16.6. The van der Waals surface area contributed by atoms with Crippen molar-refractivity contribution in [2.45, 2.75) is 6.42 Å². The van der Waals surface area contributed by atoms with E-state index < -0.39 is 28.3 Å². The maximum absolute atomic E-state index is 12.8. The van der Waals surface area contributed by atoms with Crippen LogP contribution in [0.2, 0.25) is 0 Å². The normalized spacial score (nSPS) is 13.4. The topological polar surface area (TPSA) is 140 Å². The van der Waals surface area contributed by atoms with E-state index in [1.807, 2.05) is 0 Å². The quantitative estimate of drug-likeness (QED) is 0.144. The number of non-ortho nitro benzene ring substituents is 1. The number of nitro benzene ring substituents is 1. The van der Waals surface area contributed by atoms with Gasteiger partial charge in [-0.05, 0) is 23.8 Å². The molecule has 0 spiro atoms.